The molecule has 0 aliphatic heterocycles. The van der Waals surface area contributed by atoms with Crippen molar-refractivity contribution >= 4 is 5.82 Å². The first-order valence-corrected chi connectivity index (χ1v) is 6.73. The molecule has 2 aromatic rings. The van der Waals surface area contributed by atoms with Gasteiger partial charge in [0.25, 0.3) is 0 Å². The Kier molecular flexibility index (Phi) is 4.45. The van der Waals surface area contributed by atoms with Gasteiger partial charge >= 0.3 is 6.18 Å². The molecule has 0 amide bonds. The van der Waals surface area contributed by atoms with Gasteiger partial charge in [-0.25, -0.2) is 9.97 Å². The number of halogens is 3. The molecule has 6 heteroatoms. The summed E-state index contributed by atoms with van der Waals surface area (Å²) in [5.74, 6) is 1.22. The van der Waals surface area contributed by atoms with E-state index in [4.69, 9.17) is 0 Å². The van der Waals surface area contributed by atoms with E-state index in [1.807, 2.05) is 13.8 Å². The maximum absolute atomic E-state index is 12.8. The maximum Gasteiger partial charge on any atom is 0.416 e. The molecule has 0 saturated carbocycles. The Hall–Kier alpha value is -2.11. The minimum absolute atomic E-state index is 0.432. The van der Waals surface area contributed by atoms with E-state index >= 15 is 0 Å². The van der Waals surface area contributed by atoms with Crippen molar-refractivity contribution in [2.45, 2.75) is 26.4 Å². The van der Waals surface area contributed by atoms with Gasteiger partial charge in [-0.15, -0.1) is 0 Å². The van der Waals surface area contributed by atoms with Gasteiger partial charge in [0.15, 0.2) is 0 Å². The first-order valence-electron chi connectivity index (χ1n) is 6.73. The molecule has 1 N–H and O–H groups in total. The molecule has 0 radical (unpaired) electrons. The predicted molar refractivity (Wildman–Crippen MR) is 76.0 cm³/mol. The third-order valence-electron chi connectivity index (χ3n) is 2.93. The van der Waals surface area contributed by atoms with Crippen LogP contribution in [0.15, 0.2) is 30.3 Å². The van der Waals surface area contributed by atoms with E-state index in [0.717, 1.165) is 12.1 Å². The third-order valence-corrected chi connectivity index (χ3v) is 2.93. The Balaban J connectivity index is 2.48. The van der Waals surface area contributed by atoms with Crippen LogP contribution in [0.3, 0.4) is 0 Å². The minimum Gasteiger partial charge on any atom is -0.370 e. The number of hydrogen-bond acceptors (Lipinski definition) is 3. The highest BCUT2D eigenvalue weighted by Gasteiger charge is 2.30. The third kappa shape index (κ3) is 3.71. The van der Waals surface area contributed by atoms with Gasteiger partial charge in [-0.1, -0.05) is 19.1 Å². The SMILES string of the molecule is CCNc1cc(-c2cccc(C(F)(F)F)c2)nc(CC)n1. The molecule has 1 aromatic heterocycles. The molecule has 0 aliphatic rings. The van der Waals surface area contributed by atoms with Crippen LogP contribution >= 0.6 is 0 Å². The minimum atomic E-state index is -4.36. The maximum atomic E-state index is 12.8. The van der Waals surface area contributed by atoms with E-state index < -0.39 is 11.7 Å². The van der Waals surface area contributed by atoms with Crippen molar-refractivity contribution in [2.24, 2.45) is 0 Å². The number of aromatic nitrogens is 2. The second kappa shape index (κ2) is 6.11. The predicted octanol–water partition coefficient (Wildman–Crippen LogP) is 4.16. The Labute approximate surface area is 121 Å². The number of alkyl halides is 3. The Bertz CT molecular complexity index is 624. The van der Waals surface area contributed by atoms with E-state index in [9.17, 15) is 13.2 Å². The summed E-state index contributed by atoms with van der Waals surface area (Å²) in [7, 11) is 0. The molecule has 0 aliphatic carbocycles. The molecule has 1 aromatic carbocycles. The summed E-state index contributed by atoms with van der Waals surface area (Å²) < 4.78 is 38.4. The molecule has 112 valence electrons. The summed E-state index contributed by atoms with van der Waals surface area (Å²) in [6.45, 7) is 4.51. The Morgan fingerprint density at radius 1 is 1.10 bits per heavy atom. The lowest BCUT2D eigenvalue weighted by atomic mass is 10.1. The largest absolute Gasteiger partial charge is 0.416 e. The molecule has 0 fully saturated rings. The van der Waals surface area contributed by atoms with Gasteiger partial charge in [-0.2, -0.15) is 13.2 Å². The fraction of sp³-hybridized carbons (Fsp3) is 0.333. The molecule has 0 unspecified atom stereocenters. The van der Waals surface area contributed by atoms with Gasteiger partial charge in [0.2, 0.25) is 0 Å². The highest BCUT2D eigenvalue weighted by Crippen LogP contribution is 2.32. The number of hydrogen-bond donors (Lipinski definition) is 1. The zero-order valence-corrected chi connectivity index (χ0v) is 11.8. The van der Waals surface area contributed by atoms with E-state index in [0.29, 0.717) is 35.9 Å². The van der Waals surface area contributed by atoms with Crippen LogP contribution < -0.4 is 5.32 Å². The zero-order chi connectivity index (χ0) is 15.5. The summed E-state index contributed by atoms with van der Waals surface area (Å²) in [5, 5.41) is 3.06. The quantitative estimate of drug-likeness (QED) is 0.920. The molecule has 1 heterocycles. The molecule has 0 atom stereocenters. The summed E-state index contributed by atoms with van der Waals surface area (Å²) in [4.78, 5) is 8.60. The lowest BCUT2D eigenvalue weighted by Gasteiger charge is -2.11. The van der Waals surface area contributed by atoms with Crippen LogP contribution in [-0.2, 0) is 12.6 Å². The van der Waals surface area contributed by atoms with E-state index in [1.54, 1.807) is 12.1 Å². The van der Waals surface area contributed by atoms with Crippen molar-refractivity contribution in [1.29, 1.82) is 0 Å². The van der Waals surface area contributed by atoms with Crippen molar-refractivity contribution in [2.75, 3.05) is 11.9 Å². The summed E-state index contributed by atoms with van der Waals surface area (Å²) in [5.41, 5.74) is 0.242. The van der Waals surface area contributed by atoms with E-state index in [-0.39, 0.29) is 0 Å². The summed E-state index contributed by atoms with van der Waals surface area (Å²) >= 11 is 0. The average molecular weight is 295 g/mol. The second-order valence-corrected chi connectivity index (χ2v) is 4.52. The lowest BCUT2D eigenvalue weighted by molar-refractivity contribution is -0.137. The van der Waals surface area contributed by atoms with Crippen LogP contribution in [-0.4, -0.2) is 16.5 Å². The van der Waals surface area contributed by atoms with Gasteiger partial charge < -0.3 is 5.32 Å². The standard InChI is InChI=1S/C15H16F3N3/c1-3-13-20-12(9-14(21-13)19-4-2)10-6-5-7-11(8-10)15(16,17)18/h5-9H,3-4H2,1-2H3,(H,19,20,21). The van der Waals surface area contributed by atoms with Gasteiger partial charge in [-0.3, -0.25) is 0 Å². The number of anilines is 1. The van der Waals surface area contributed by atoms with Crippen molar-refractivity contribution in [3.63, 3.8) is 0 Å². The number of nitrogens with zero attached hydrogens (tertiary/aromatic N) is 2. The van der Waals surface area contributed by atoms with Crippen molar-refractivity contribution in [1.82, 2.24) is 9.97 Å². The number of nitrogens with one attached hydrogen (secondary N) is 1. The highest BCUT2D eigenvalue weighted by molar-refractivity contribution is 5.63. The van der Waals surface area contributed by atoms with Gasteiger partial charge in [-0.05, 0) is 19.1 Å². The zero-order valence-electron chi connectivity index (χ0n) is 11.8. The Morgan fingerprint density at radius 2 is 1.86 bits per heavy atom. The van der Waals surface area contributed by atoms with Gasteiger partial charge in [0.1, 0.15) is 11.6 Å². The van der Waals surface area contributed by atoms with Crippen LogP contribution in [0.1, 0.15) is 25.2 Å². The molecule has 0 bridgehead atoms. The van der Waals surface area contributed by atoms with Crippen LogP contribution in [0.4, 0.5) is 19.0 Å². The highest BCUT2D eigenvalue weighted by atomic mass is 19.4. The molecule has 2 rings (SSSR count). The smallest absolute Gasteiger partial charge is 0.370 e. The normalized spacial score (nSPS) is 11.5. The second-order valence-electron chi connectivity index (χ2n) is 4.52. The molecular formula is C15H16F3N3. The fourth-order valence-corrected chi connectivity index (χ4v) is 1.93. The van der Waals surface area contributed by atoms with E-state index in [2.05, 4.69) is 15.3 Å². The summed E-state index contributed by atoms with van der Waals surface area (Å²) in [6, 6.07) is 6.83. The van der Waals surface area contributed by atoms with Crippen LogP contribution in [0.2, 0.25) is 0 Å². The molecule has 3 nitrogen and oxygen atoms in total. The first kappa shape index (κ1) is 15.3. The number of benzene rings is 1. The van der Waals surface area contributed by atoms with Crippen molar-refractivity contribution in [3.8, 4) is 11.3 Å². The van der Waals surface area contributed by atoms with Crippen LogP contribution in [0, 0.1) is 0 Å². The number of aryl methyl sites for hydroxylation is 1. The lowest BCUT2D eigenvalue weighted by Crippen LogP contribution is -2.06. The van der Waals surface area contributed by atoms with Crippen LogP contribution in [0.5, 0.6) is 0 Å². The van der Waals surface area contributed by atoms with Gasteiger partial charge in [0, 0.05) is 24.6 Å². The van der Waals surface area contributed by atoms with Crippen LogP contribution in [0.25, 0.3) is 11.3 Å². The topological polar surface area (TPSA) is 37.8 Å². The monoisotopic (exact) mass is 295 g/mol. The van der Waals surface area contributed by atoms with Gasteiger partial charge in [0.05, 0.1) is 11.3 Å². The molecule has 21 heavy (non-hydrogen) atoms. The van der Waals surface area contributed by atoms with Crippen molar-refractivity contribution in [3.05, 3.63) is 41.7 Å². The molecule has 0 saturated heterocycles. The molecular weight excluding hydrogens is 279 g/mol. The van der Waals surface area contributed by atoms with E-state index in [1.165, 1.54) is 6.07 Å². The first-order chi connectivity index (χ1) is 9.94. The fourth-order valence-electron chi connectivity index (χ4n) is 1.93. The summed E-state index contributed by atoms with van der Waals surface area (Å²) in [6.07, 6.45) is -3.74. The van der Waals surface area contributed by atoms with Crippen molar-refractivity contribution < 1.29 is 13.2 Å². The Morgan fingerprint density at radius 3 is 2.48 bits per heavy atom. The molecule has 0 spiro atoms. The average Bonchev–Trinajstić information content (AvgIpc) is 2.46. The number of rotatable bonds is 4.